The summed E-state index contributed by atoms with van der Waals surface area (Å²) in [7, 11) is 0. The minimum atomic E-state index is -0.754. The molecular formula is C32H33N3O4S. The quantitative estimate of drug-likeness (QED) is 0.0739. The van der Waals surface area contributed by atoms with Gasteiger partial charge in [-0.25, -0.2) is 4.98 Å². The number of ether oxygens (including phenoxy) is 1. The summed E-state index contributed by atoms with van der Waals surface area (Å²) in [5.41, 5.74) is 2.16. The fourth-order valence-electron chi connectivity index (χ4n) is 4.32. The minimum absolute atomic E-state index is 0.00449. The van der Waals surface area contributed by atoms with E-state index in [0.717, 1.165) is 16.7 Å². The van der Waals surface area contributed by atoms with E-state index in [4.69, 9.17) is 14.6 Å². The van der Waals surface area contributed by atoms with Crippen molar-refractivity contribution in [2.45, 2.75) is 51.4 Å². The van der Waals surface area contributed by atoms with Gasteiger partial charge in [0.1, 0.15) is 22.9 Å². The summed E-state index contributed by atoms with van der Waals surface area (Å²) >= 11 is 1.36. The van der Waals surface area contributed by atoms with Gasteiger partial charge in [0.05, 0.1) is 6.42 Å². The minimum Gasteiger partial charge on any atom is -0.460 e. The number of benzene rings is 3. The van der Waals surface area contributed by atoms with Gasteiger partial charge >= 0.3 is 5.97 Å². The van der Waals surface area contributed by atoms with Crippen molar-refractivity contribution >= 4 is 34.4 Å². The lowest BCUT2D eigenvalue weighted by Gasteiger charge is -2.36. The molecule has 3 aromatic carbocycles. The Labute approximate surface area is 238 Å². The molecule has 4 rings (SSSR count). The number of hydrogen-bond donors (Lipinski definition) is 1. The van der Waals surface area contributed by atoms with Crippen LogP contribution in [0.4, 0.5) is 5.13 Å². The normalized spacial score (nSPS) is 12.8. The van der Waals surface area contributed by atoms with Crippen LogP contribution in [0.5, 0.6) is 0 Å². The molecule has 1 N–H and O–H groups in total. The standard InChI is InChI=1S/C32H33N3O4S/c1-23(20-29(37)38-31(2,3)4)39-35-27(21-36)28-22-40-30(33-28)34-32(24-14-8-5-9-15-24,25-16-10-6-11-17-25)26-18-12-7-13-19-26/h5-19,21-23H,20H2,1-4H3,(H,33,34)/b35-27-. The van der Waals surface area contributed by atoms with Crippen LogP contribution in [-0.2, 0) is 24.7 Å². The van der Waals surface area contributed by atoms with Gasteiger partial charge in [-0.1, -0.05) is 96.2 Å². The van der Waals surface area contributed by atoms with Crippen LogP contribution in [0.1, 0.15) is 56.5 Å². The summed E-state index contributed by atoms with van der Waals surface area (Å²) in [5, 5.41) is 10.0. The van der Waals surface area contributed by atoms with Crippen molar-refractivity contribution in [3.8, 4) is 0 Å². The number of aldehydes is 1. The van der Waals surface area contributed by atoms with Crippen molar-refractivity contribution < 1.29 is 19.2 Å². The number of carbonyl (C=O) groups is 2. The van der Waals surface area contributed by atoms with Crippen LogP contribution >= 0.6 is 11.3 Å². The van der Waals surface area contributed by atoms with E-state index in [1.54, 1.807) is 33.1 Å². The first-order valence-electron chi connectivity index (χ1n) is 13.0. The Morgan fingerprint density at radius 1 is 0.925 bits per heavy atom. The van der Waals surface area contributed by atoms with E-state index < -0.39 is 23.2 Å². The molecule has 1 heterocycles. The number of oxime groups is 1. The molecule has 0 aliphatic carbocycles. The van der Waals surface area contributed by atoms with E-state index in [1.165, 1.54) is 11.3 Å². The Morgan fingerprint density at radius 3 is 1.88 bits per heavy atom. The summed E-state index contributed by atoms with van der Waals surface area (Å²) in [6.45, 7) is 7.09. The molecule has 1 unspecified atom stereocenters. The van der Waals surface area contributed by atoms with Gasteiger partial charge in [0.25, 0.3) is 0 Å². The Morgan fingerprint density at radius 2 is 1.43 bits per heavy atom. The van der Waals surface area contributed by atoms with Gasteiger partial charge < -0.3 is 14.9 Å². The molecule has 1 atom stereocenters. The van der Waals surface area contributed by atoms with Gasteiger partial charge in [-0.05, 0) is 44.4 Å². The third kappa shape index (κ3) is 7.01. The van der Waals surface area contributed by atoms with E-state index in [9.17, 15) is 9.59 Å². The van der Waals surface area contributed by atoms with Crippen LogP contribution in [0, 0.1) is 0 Å². The first-order valence-corrected chi connectivity index (χ1v) is 13.9. The predicted molar refractivity (Wildman–Crippen MR) is 159 cm³/mol. The zero-order valence-corrected chi connectivity index (χ0v) is 23.9. The Hall–Kier alpha value is -4.30. The number of rotatable bonds is 11. The van der Waals surface area contributed by atoms with Gasteiger partial charge in [0.15, 0.2) is 17.1 Å². The molecule has 1 aromatic heterocycles. The molecule has 0 aliphatic rings. The Kier molecular flexibility index (Phi) is 9.11. The third-order valence-corrected chi connectivity index (χ3v) is 6.76. The summed E-state index contributed by atoms with van der Waals surface area (Å²) in [5.74, 6) is -0.401. The van der Waals surface area contributed by atoms with Crippen molar-refractivity contribution in [1.29, 1.82) is 0 Å². The van der Waals surface area contributed by atoms with Crippen LogP contribution < -0.4 is 5.32 Å². The highest BCUT2D eigenvalue weighted by atomic mass is 32.1. The van der Waals surface area contributed by atoms with Gasteiger partial charge in [0.2, 0.25) is 0 Å². The number of hydrogen-bond acceptors (Lipinski definition) is 8. The zero-order chi connectivity index (χ0) is 28.6. The Bertz CT molecular complexity index is 1330. The lowest BCUT2D eigenvalue weighted by molar-refractivity contribution is -0.157. The molecule has 206 valence electrons. The number of thiazole rings is 1. The maximum Gasteiger partial charge on any atom is 0.310 e. The summed E-state index contributed by atoms with van der Waals surface area (Å²) in [6, 6.07) is 30.5. The van der Waals surface area contributed by atoms with Gasteiger partial charge in [-0.15, -0.1) is 11.3 Å². The first kappa shape index (κ1) is 28.7. The Balaban J connectivity index is 1.64. The molecular weight excluding hydrogens is 522 g/mol. The highest BCUT2D eigenvalue weighted by Gasteiger charge is 2.37. The summed E-state index contributed by atoms with van der Waals surface area (Å²) in [6.07, 6.45) is 0.0190. The topological polar surface area (TPSA) is 89.9 Å². The maximum atomic E-state index is 12.1. The van der Waals surface area contributed by atoms with Gasteiger partial charge in [0, 0.05) is 5.38 Å². The summed E-state index contributed by atoms with van der Waals surface area (Å²) < 4.78 is 5.33. The van der Waals surface area contributed by atoms with E-state index >= 15 is 0 Å². The predicted octanol–water partition coefficient (Wildman–Crippen LogP) is 6.59. The van der Waals surface area contributed by atoms with Gasteiger partial charge in [-0.3, -0.25) is 9.59 Å². The van der Waals surface area contributed by atoms with Crippen molar-refractivity contribution in [3.05, 3.63) is 119 Å². The smallest absolute Gasteiger partial charge is 0.310 e. The lowest BCUT2D eigenvalue weighted by Crippen LogP contribution is -2.38. The molecule has 0 saturated heterocycles. The maximum absolute atomic E-state index is 12.1. The molecule has 0 spiro atoms. The van der Waals surface area contributed by atoms with E-state index in [2.05, 4.69) is 46.9 Å². The van der Waals surface area contributed by atoms with Crippen LogP contribution in [0.25, 0.3) is 0 Å². The molecule has 0 radical (unpaired) electrons. The monoisotopic (exact) mass is 555 g/mol. The lowest BCUT2D eigenvalue weighted by atomic mass is 9.77. The number of esters is 1. The molecule has 0 amide bonds. The van der Waals surface area contributed by atoms with Gasteiger partial charge in [-0.2, -0.15) is 0 Å². The number of carbonyl (C=O) groups excluding carboxylic acids is 2. The second-order valence-corrected chi connectivity index (χ2v) is 11.2. The highest BCUT2D eigenvalue weighted by molar-refractivity contribution is 7.14. The van der Waals surface area contributed by atoms with Crippen LogP contribution in [0.2, 0.25) is 0 Å². The van der Waals surface area contributed by atoms with Crippen LogP contribution in [0.15, 0.2) is 102 Å². The number of nitrogens with zero attached hydrogens (tertiary/aromatic N) is 2. The van der Waals surface area contributed by atoms with Crippen molar-refractivity contribution in [2.75, 3.05) is 5.32 Å². The van der Waals surface area contributed by atoms with E-state index in [1.807, 2.05) is 54.6 Å². The van der Waals surface area contributed by atoms with Crippen LogP contribution in [0.3, 0.4) is 0 Å². The van der Waals surface area contributed by atoms with E-state index in [0.29, 0.717) is 17.1 Å². The van der Waals surface area contributed by atoms with Crippen molar-refractivity contribution in [2.24, 2.45) is 5.16 Å². The van der Waals surface area contributed by atoms with Crippen LogP contribution in [-0.4, -0.2) is 34.7 Å². The average molecular weight is 556 g/mol. The fourth-order valence-corrected chi connectivity index (χ4v) is 5.08. The molecule has 0 aliphatic heterocycles. The second-order valence-electron chi connectivity index (χ2n) is 10.3. The molecule has 0 saturated carbocycles. The van der Waals surface area contributed by atoms with E-state index in [-0.39, 0.29) is 12.1 Å². The third-order valence-electron chi connectivity index (χ3n) is 6.00. The molecule has 4 aromatic rings. The molecule has 40 heavy (non-hydrogen) atoms. The summed E-state index contributed by atoms with van der Waals surface area (Å²) in [4.78, 5) is 34.2. The van der Waals surface area contributed by atoms with Crippen molar-refractivity contribution in [1.82, 2.24) is 4.98 Å². The number of aromatic nitrogens is 1. The fraction of sp³-hybridized carbons (Fsp3) is 0.250. The molecule has 8 heteroatoms. The zero-order valence-electron chi connectivity index (χ0n) is 23.0. The molecule has 7 nitrogen and oxygen atoms in total. The van der Waals surface area contributed by atoms with Crippen molar-refractivity contribution in [3.63, 3.8) is 0 Å². The molecule has 0 bridgehead atoms. The molecule has 0 fully saturated rings. The first-order chi connectivity index (χ1) is 19.2. The number of nitrogens with one attached hydrogen (secondary N) is 1. The second kappa shape index (κ2) is 12.7. The highest BCUT2D eigenvalue weighted by Crippen LogP contribution is 2.40. The number of anilines is 1. The average Bonchev–Trinajstić information content (AvgIpc) is 3.40. The SMILES string of the molecule is CC(CC(=O)OC(C)(C)C)O/N=C(/C=O)c1csc(NC(c2ccccc2)(c2ccccc2)c2ccccc2)n1. The largest absolute Gasteiger partial charge is 0.460 e.